The van der Waals surface area contributed by atoms with Crippen molar-refractivity contribution >= 4 is 39.3 Å². The number of benzene rings is 2. The Labute approximate surface area is 206 Å². The minimum Gasteiger partial charge on any atom is -0.504 e. The molecular weight excluding hydrogens is 527 g/mol. The van der Waals surface area contributed by atoms with Gasteiger partial charge in [-0.25, -0.2) is 14.2 Å². The molecule has 1 atom stereocenters. The van der Waals surface area contributed by atoms with Crippen molar-refractivity contribution in [1.82, 2.24) is 4.57 Å². The van der Waals surface area contributed by atoms with Crippen molar-refractivity contribution in [3.63, 3.8) is 0 Å². The normalized spacial score (nSPS) is 15.7. The number of rotatable bonds is 5. The van der Waals surface area contributed by atoms with Crippen LogP contribution in [0.5, 0.6) is 11.5 Å². The zero-order valence-electron chi connectivity index (χ0n) is 18.5. The van der Waals surface area contributed by atoms with Crippen LogP contribution >= 0.6 is 27.3 Å². The third-order valence-electron chi connectivity index (χ3n) is 5.28. The van der Waals surface area contributed by atoms with Gasteiger partial charge in [0.15, 0.2) is 16.3 Å². The first kappa shape index (κ1) is 23.9. The Kier molecular flexibility index (Phi) is 6.72. The molecule has 7 nitrogen and oxygen atoms in total. The fourth-order valence-electron chi connectivity index (χ4n) is 3.75. The monoisotopic (exact) mass is 546 g/mol. The second-order valence-electron chi connectivity index (χ2n) is 7.40. The van der Waals surface area contributed by atoms with Crippen molar-refractivity contribution in [3.8, 4) is 11.5 Å². The Morgan fingerprint density at radius 2 is 2.03 bits per heavy atom. The highest BCUT2D eigenvalue weighted by Gasteiger charge is 2.33. The molecule has 2 aromatic carbocycles. The van der Waals surface area contributed by atoms with E-state index >= 15 is 0 Å². The average molecular weight is 547 g/mol. The van der Waals surface area contributed by atoms with E-state index < -0.39 is 23.4 Å². The number of carbonyl (C=O) groups excluding carboxylic acids is 1. The van der Waals surface area contributed by atoms with E-state index in [1.54, 1.807) is 26.0 Å². The van der Waals surface area contributed by atoms with Gasteiger partial charge in [-0.3, -0.25) is 9.36 Å². The van der Waals surface area contributed by atoms with Gasteiger partial charge in [-0.05, 0) is 49.8 Å². The summed E-state index contributed by atoms with van der Waals surface area (Å²) in [4.78, 5) is 31.3. The third kappa shape index (κ3) is 4.30. The molecule has 0 saturated heterocycles. The zero-order valence-corrected chi connectivity index (χ0v) is 20.9. The molecule has 0 radical (unpaired) electrons. The molecule has 0 unspecified atom stereocenters. The molecule has 1 N–H and O–H groups in total. The number of ether oxygens (including phenoxy) is 2. The van der Waals surface area contributed by atoms with Crippen LogP contribution in [0.25, 0.3) is 6.08 Å². The number of halogens is 2. The van der Waals surface area contributed by atoms with Gasteiger partial charge in [-0.1, -0.05) is 39.4 Å². The highest BCUT2D eigenvalue weighted by atomic mass is 79.9. The molecule has 3 aromatic rings. The van der Waals surface area contributed by atoms with Gasteiger partial charge in [-0.2, -0.15) is 0 Å². The number of hydrogen-bond donors (Lipinski definition) is 1. The van der Waals surface area contributed by atoms with Crippen LogP contribution in [0.1, 0.15) is 31.0 Å². The second kappa shape index (κ2) is 9.55. The topological polar surface area (TPSA) is 90.1 Å². The predicted molar refractivity (Wildman–Crippen MR) is 129 cm³/mol. The molecule has 0 amide bonds. The highest BCUT2D eigenvalue weighted by Crippen LogP contribution is 2.34. The largest absolute Gasteiger partial charge is 0.504 e. The number of carbonyl (C=O) groups is 1. The molecule has 0 spiro atoms. The third-order valence-corrected chi connectivity index (χ3v) is 6.72. The smallest absolute Gasteiger partial charge is 0.338 e. The van der Waals surface area contributed by atoms with E-state index in [1.807, 2.05) is 0 Å². The molecule has 10 heteroatoms. The van der Waals surface area contributed by atoms with Crippen LogP contribution in [-0.2, 0) is 9.53 Å². The van der Waals surface area contributed by atoms with E-state index in [-0.39, 0.29) is 23.7 Å². The van der Waals surface area contributed by atoms with E-state index in [9.17, 15) is 19.1 Å². The number of aromatic nitrogens is 1. The number of fused-ring (bicyclic) bond motifs is 1. The van der Waals surface area contributed by atoms with Gasteiger partial charge in [0.1, 0.15) is 5.82 Å². The lowest BCUT2D eigenvalue weighted by molar-refractivity contribution is -0.139. The maximum absolute atomic E-state index is 13.6. The van der Waals surface area contributed by atoms with Gasteiger partial charge in [0.25, 0.3) is 5.56 Å². The Balaban J connectivity index is 1.97. The van der Waals surface area contributed by atoms with Gasteiger partial charge >= 0.3 is 5.97 Å². The van der Waals surface area contributed by atoms with Gasteiger partial charge in [0.05, 0.1) is 35.6 Å². The van der Waals surface area contributed by atoms with Crippen molar-refractivity contribution in [2.45, 2.75) is 19.9 Å². The van der Waals surface area contributed by atoms with Crippen LogP contribution in [0, 0.1) is 5.82 Å². The summed E-state index contributed by atoms with van der Waals surface area (Å²) in [6.45, 7) is 3.51. The number of hydrogen-bond acceptors (Lipinski definition) is 7. The summed E-state index contributed by atoms with van der Waals surface area (Å²) in [7, 11) is 1.43. The van der Waals surface area contributed by atoms with Gasteiger partial charge in [0.2, 0.25) is 0 Å². The van der Waals surface area contributed by atoms with E-state index in [4.69, 9.17) is 9.47 Å². The number of nitrogens with zero attached hydrogens (tertiary/aromatic N) is 2. The lowest BCUT2D eigenvalue weighted by Gasteiger charge is -2.24. The fraction of sp³-hybridized carbons (Fsp3) is 0.208. The first-order valence-corrected chi connectivity index (χ1v) is 11.9. The number of aromatic hydroxyl groups is 1. The van der Waals surface area contributed by atoms with Crippen LogP contribution in [0.4, 0.5) is 4.39 Å². The van der Waals surface area contributed by atoms with Crippen molar-refractivity contribution in [1.29, 1.82) is 0 Å². The fourth-order valence-corrected chi connectivity index (χ4v) is 5.25. The lowest BCUT2D eigenvalue weighted by Crippen LogP contribution is -2.39. The Morgan fingerprint density at radius 3 is 2.68 bits per heavy atom. The van der Waals surface area contributed by atoms with E-state index in [0.717, 1.165) is 11.3 Å². The zero-order chi connectivity index (χ0) is 24.6. The minimum absolute atomic E-state index is 0.116. The number of phenols is 1. The van der Waals surface area contributed by atoms with E-state index in [0.29, 0.717) is 30.6 Å². The number of phenolic OH excluding ortho intramolecular Hbond substituents is 1. The van der Waals surface area contributed by atoms with Crippen molar-refractivity contribution in [2.75, 3.05) is 13.7 Å². The summed E-state index contributed by atoms with van der Waals surface area (Å²) in [6, 6.07) is 8.02. The van der Waals surface area contributed by atoms with Crippen molar-refractivity contribution in [3.05, 3.63) is 88.8 Å². The molecule has 4 rings (SSSR count). The molecule has 0 aliphatic carbocycles. The SMILES string of the molecule is CCOC(=O)C1=C(C)N=c2s/c(=C\c3cc(Br)cc(OC)c3O)c(=O)n2[C@H]1c1ccc(F)cc1. The molecule has 0 saturated carbocycles. The summed E-state index contributed by atoms with van der Waals surface area (Å²) < 4.78 is 26.4. The molecule has 1 aromatic heterocycles. The Bertz CT molecular complexity index is 1490. The molecule has 1 aliphatic heterocycles. The molecule has 34 heavy (non-hydrogen) atoms. The number of allylic oxidation sites excluding steroid dienone is 1. The maximum Gasteiger partial charge on any atom is 0.338 e. The molecule has 1 aliphatic rings. The van der Waals surface area contributed by atoms with Crippen LogP contribution < -0.4 is 19.6 Å². The summed E-state index contributed by atoms with van der Waals surface area (Å²) in [5.41, 5.74) is 1.12. The summed E-state index contributed by atoms with van der Waals surface area (Å²) in [5.74, 6) is -0.900. The average Bonchev–Trinajstić information content (AvgIpc) is 3.10. The summed E-state index contributed by atoms with van der Waals surface area (Å²) in [6.07, 6.45) is 1.54. The number of thiazole rings is 1. The van der Waals surface area contributed by atoms with Crippen molar-refractivity contribution < 1.29 is 23.8 Å². The first-order valence-electron chi connectivity index (χ1n) is 10.3. The molecule has 0 bridgehead atoms. The predicted octanol–water partition coefficient (Wildman–Crippen LogP) is 3.41. The minimum atomic E-state index is -0.844. The van der Waals surface area contributed by atoms with Gasteiger partial charge in [-0.15, -0.1) is 0 Å². The maximum atomic E-state index is 13.6. The molecule has 176 valence electrons. The number of esters is 1. The standard InChI is InChI=1S/C24H20BrFN2O5S/c1-4-33-23(31)19-12(2)27-24-28(20(19)13-5-7-16(26)8-6-13)22(30)18(34-24)10-14-9-15(25)11-17(32-3)21(14)29/h5-11,20,29H,4H2,1-3H3/b18-10-/t20-/m0/s1. The second-order valence-corrected chi connectivity index (χ2v) is 9.32. The quantitative estimate of drug-likeness (QED) is 0.495. The molecule has 2 heterocycles. The van der Waals surface area contributed by atoms with Gasteiger partial charge < -0.3 is 14.6 Å². The van der Waals surface area contributed by atoms with Crippen LogP contribution in [-0.4, -0.2) is 29.4 Å². The van der Waals surface area contributed by atoms with Crippen molar-refractivity contribution in [2.24, 2.45) is 4.99 Å². The highest BCUT2D eigenvalue weighted by molar-refractivity contribution is 9.10. The van der Waals surface area contributed by atoms with Crippen LogP contribution in [0.2, 0.25) is 0 Å². The first-order chi connectivity index (χ1) is 16.2. The summed E-state index contributed by atoms with van der Waals surface area (Å²) in [5, 5.41) is 10.5. The Hall–Kier alpha value is -3.24. The lowest BCUT2D eigenvalue weighted by atomic mass is 9.96. The Morgan fingerprint density at radius 1 is 1.32 bits per heavy atom. The van der Waals surface area contributed by atoms with Crippen LogP contribution in [0.3, 0.4) is 0 Å². The molecule has 0 fully saturated rings. The van der Waals surface area contributed by atoms with Crippen LogP contribution in [0.15, 0.2) is 61.9 Å². The van der Waals surface area contributed by atoms with E-state index in [2.05, 4.69) is 20.9 Å². The number of methoxy groups -OCH3 is 1. The van der Waals surface area contributed by atoms with Gasteiger partial charge in [0, 0.05) is 10.0 Å². The molecular formula is C24H20BrFN2O5S. The van der Waals surface area contributed by atoms with E-state index in [1.165, 1.54) is 42.0 Å². The summed E-state index contributed by atoms with van der Waals surface area (Å²) >= 11 is 4.49.